The molecule has 2 N–H and O–H groups in total. The van der Waals surface area contributed by atoms with Crippen LogP contribution in [0.15, 0.2) is 30.3 Å². The predicted molar refractivity (Wildman–Crippen MR) is 148 cm³/mol. The number of unbranched alkanes of at least 4 members (excludes halogenated alkanes) is 8. The first kappa shape index (κ1) is 30.8. The van der Waals surface area contributed by atoms with Crippen molar-refractivity contribution in [2.75, 3.05) is 6.61 Å². The lowest BCUT2D eigenvalue weighted by atomic mass is 9.95. The molecular weight excluding hydrogens is 450 g/mol. The second-order valence-electron chi connectivity index (χ2n) is 10.5. The summed E-state index contributed by atoms with van der Waals surface area (Å²) in [5.41, 5.74) is 1.12. The van der Waals surface area contributed by atoms with Gasteiger partial charge in [0.1, 0.15) is 6.10 Å². The number of carbonyl (C=O) groups excluding carboxylic acids is 1. The third kappa shape index (κ3) is 13.2. The maximum atomic E-state index is 13.0. The Morgan fingerprint density at radius 3 is 2.39 bits per heavy atom. The van der Waals surface area contributed by atoms with Crippen molar-refractivity contribution in [3.8, 4) is 0 Å². The van der Waals surface area contributed by atoms with Crippen LogP contribution in [-0.2, 0) is 20.9 Å². The molecule has 205 valence electrons. The van der Waals surface area contributed by atoms with Crippen molar-refractivity contribution in [2.45, 2.75) is 141 Å². The lowest BCUT2D eigenvalue weighted by Crippen LogP contribution is -2.50. The van der Waals surface area contributed by atoms with Crippen LogP contribution >= 0.6 is 0 Å². The Balaban J connectivity index is 1.82. The fraction of sp³-hybridized carbons (Fsp3) is 0.742. The van der Waals surface area contributed by atoms with E-state index in [9.17, 15) is 9.90 Å². The predicted octanol–water partition coefficient (Wildman–Crippen LogP) is 6.91. The van der Waals surface area contributed by atoms with E-state index in [0.29, 0.717) is 32.5 Å². The van der Waals surface area contributed by atoms with Gasteiger partial charge in [-0.15, -0.1) is 0 Å². The first-order valence-electron chi connectivity index (χ1n) is 14.7. The molecule has 0 saturated carbocycles. The molecule has 5 heteroatoms. The number of aliphatic hydroxyl groups excluding tert-OH is 1. The molecule has 1 saturated heterocycles. The number of hydrogen-bond acceptors (Lipinski definition) is 4. The van der Waals surface area contributed by atoms with Crippen LogP contribution in [0.3, 0.4) is 0 Å². The highest BCUT2D eigenvalue weighted by molar-refractivity contribution is 5.76. The Labute approximate surface area is 220 Å². The van der Waals surface area contributed by atoms with Crippen LogP contribution in [0, 0.1) is 6.92 Å². The van der Waals surface area contributed by atoms with E-state index in [-0.39, 0.29) is 24.2 Å². The maximum Gasteiger partial charge on any atom is 0.222 e. The minimum atomic E-state index is -0.697. The second-order valence-corrected chi connectivity index (χ2v) is 10.5. The number of rotatable bonds is 20. The molecule has 5 nitrogen and oxygen atoms in total. The van der Waals surface area contributed by atoms with E-state index in [0.717, 1.165) is 37.7 Å². The van der Waals surface area contributed by atoms with Crippen LogP contribution in [0.5, 0.6) is 0 Å². The molecule has 1 radical (unpaired) electrons. The third-order valence-corrected chi connectivity index (χ3v) is 7.24. The summed E-state index contributed by atoms with van der Waals surface area (Å²) in [6.45, 7) is 7.39. The minimum absolute atomic E-state index is 0.0581. The molecule has 0 bridgehead atoms. The summed E-state index contributed by atoms with van der Waals surface area (Å²) in [4.78, 5) is 13.0. The maximum absolute atomic E-state index is 13.0. The molecule has 1 aliphatic heterocycles. The van der Waals surface area contributed by atoms with Gasteiger partial charge in [-0.1, -0.05) is 108 Å². The number of benzene rings is 1. The van der Waals surface area contributed by atoms with Crippen molar-refractivity contribution in [1.29, 1.82) is 0 Å². The van der Waals surface area contributed by atoms with Crippen molar-refractivity contribution in [1.82, 2.24) is 5.32 Å². The average molecular weight is 503 g/mol. The van der Waals surface area contributed by atoms with Crippen LogP contribution < -0.4 is 5.32 Å². The molecule has 4 atom stereocenters. The fourth-order valence-electron chi connectivity index (χ4n) is 5.03. The van der Waals surface area contributed by atoms with Crippen molar-refractivity contribution in [2.24, 2.45) is 0 Å². The highest BCUT2D eigenvalue weighted by Gasteiger charge is 2.30. The Hall–Kier alpha value is -1.43. The van der Waals surface area contributed by atoms with Gasteiger partial charge in [-0.05, 0) is 37.7 Å². The minimum Gasteiger partial charge on any atom is -0.388 e. The summed E-state index contributed by atoms with van der Waals surface area (Å²) >= 11 is 0. The lowest BCUT2D eigenvalue weighted by molar-refractivity contribution is -0.128. The quantitative estimate of drug-likeness (QED) is 0.190. The summed E-state index contributed by atoms with van der Waals surface area (Å²) < 4.78 is 12.0. The Morgan fingerprint density at radius 2 is 1.75 bits per heavy atom. The van der Waals surface area contributed by atoms with E-state index in [4.69, 9.17) is 9.47 Å². The number of carbonyl (C=O) groups is 1. The second kappa shape index (κ2) is 19.7. The van der Waals surface area contributed by atoms with Crippen molar-refractivity contribution in [3.63, 3.8) is 0 Å². The van der Waals surface area contributed by atoms with Gasteiger partial charge in [0.15, 0.2) is 0 Å². The van der Waals surface area contributed by atoms with Crippen molar-refractivity contribution in [3.05, 3.63) is 42.8 Å². The molecule has 1 fully saturated rings. The largest absolute Gasteiger partial charge is 0.388 e. The van der Waals surface area contributed by atoms with E-state index in [1.807, 2.05) is 18.2 Å². The molecule has 1 aliphatic rings. The van der Waals surface area contributed by atoms with Crippen LogP contribution in [0.4, 0.5) is 0 Å². The highest BCUT2D eigenvalue weighted by atomic mass is 16.5. The first-order valence-corrected chi connectivity index (χ1v) is 14.7. The molecule has 2 rings (SSSR count). The van der Waals surface area contributed by atoms with E-state index in [2.05, 4.69) is 31.3 Å². The van der Waals surface area contributed by atoms with Crippen molar-refractivity contribution < 1.29 is 19.4 Å². The summed E-state index contributed by atoms with van der Waals surface area (Å²) in [7, 11) is 0. The molecule has 1 heterocycles. The van der Waals surface area contributed by atoms with E-state index in [1.165, 1.54) is 51.4 Å². The summed E-state index contributed by atoms with van der Waals surface area (Å²) in [6.07, 6.45) is 15.9. The molecule has 0 aromatic heterocycles. The zero-order valence-corrected chi connectivity index (χ0v) is 22.8. The van der Waals surface area contributed by atoms with E-state index in [1.54, 1.807) is 0 Å². The van der Waals surface area contributed by atoms with Gasteiger partial charge in [0.25, 0.3) is 0 Å². The van der Waals surface area contributed by atoms with Gasteiger partial charge in [-0.25, -0.2) is 0 Å². The molecule has 1 amide bonds. The van der Waals surface area contributed by atoms with Gasteiger partial charge in [-0.2, -0.15) is 0 Å². The summed E-state index contributed by atoms with van der Waals surface area (Å²) in [5.74, 6) is -0.0581. The average Bonchev–Trinajstić information content (AvgIpc) is 2.91. The van der Waals surface area contributed by atoms with Crippen molar-refractivity contribution >= 4 is 5.91 Å². The zero-order chi connectivity index (χ0) is 25.8. The number of amides is 1. The monoisotopic (exact) mass is 502 g/mol. The van der Waals surface area contributed by atoms with Gasteiger partial charge in [-0.3, -0.25) is 4.79 Å². The van der Waals surface area contributed by atoms with Crippen LogP contribution in [0.25, 0.3) is 0 Å². The van der Waals surface area contributed by atoms with E-state index < -0.39 is 6.10 Å². The van der Waals surface area contributed by atoms with Gasteiger partial charge in [0.2, 0.25) is 5.91 Å². The number of aliphatic hydroxyl groups is 1. The number of nitrogens with one attached hydrogen (secondary N) is 1. The molecular formula is C31H52NO4. The third-order valence-electron chi connectivity index (χ3n) is 7.24. The zero-order valence-electron chi connectivity index (χ0n) is 22.8. The first-order chi connectivity index (χ1) is 17.6. The molecule has 0 aliphatic carbocycles. The van der Waals surface area contributed by atoms with E-state index >= 15 is 0 Å². The SMILES string of the molecule is [CH2]CC[C@@H](NC(=O)C[C@@H](CCCCCCCCCCC)OCc1ccccc1)C(O)C1CCCCO1. The highest BCUT2D eigenvalue weighted by Crippen LogP contribution is 2.21. The van der Waals surface area contributed by atoms with Gasteiger partial charge in [0.05, 0.1) is 31.3 Å². The number of hydrogen-bond donors (Lipinski definition) is 2. The Kier molecular flexibility index (Phi) is 16.8. The van der Waals surface area contributed by atoms with Crippen LogP contribution in [0.2, 0.25) is 0 Å². The molecule has 2 unspecified atom stereocenters. The van der Waals surface area contributed by atoms with Gasteiger partial charge >= 0.3 is 0 Å². The molecule has 1 aromatic rings. The molecule has 0 spiro atoms. The normalized spacial score (nSPS) is 18.5. The van der Waals surface area contributed by atoms with Gasteiger partial charge in [0, 0.05) is 6.61 Å². The lowest BCUT2D eigenvalue weighted by Gasteiger charge is -2.33. The topological polar surface area (TPSA) is 67.8 Å². The molecule has 36 heavy (non-hydrogen) atoms. The smallest absolute Gasteiger partial charge is 0.222 e. The summed E-state index contributed by atoms with van der Waals surface area (Å²) in [5, 5.41) is 14.0. The van der Waals surface area contributed by atoms with Crippen LogP contribution in [0.1, 0.15) is 115 Å². The number of ether oxygens (including phenoxy) is 2. The molecule has 1 aromatic carbocycles. The Bertz CT molecular complexity index is 662. The summed E-state index contributed by atoms with van der Waals surface area (Å²) in [6, 6.07) is 9.81. The van der Waals surface area contributed by atoms with Crippen LogP contribution in [-0.4, -0.2) is 42.0 Å². The standard InChI is InChI=1S/C31H52NO4/c1-3-5-6-7-8-9-10-11-15-21-27(36-25-26-19-13-12-14-20-26)24-30(33)32-28(18-4-2)31(34)29-22-16-17-23-35-29/h12-14,19-20,27-29,31,34H,2-11,15-18,21-25H2,1H3,(H,32,33)/t27-,28-,29?,31?/m1/s1. The Morgan fingerprint density at radius 1 is 1.06 bits per heavy atom. The van der Waals surface area contributed by atoms with Gasteiger partial charge < -0.3 is 19.9 Å². The fourth-order valence-corrected chi connectivity index (χ4v) is 5.03.